The molecule has 0 aromatic carbocycles. The van der Waals surface area contributed by atoms with Crippen molar-refractivity contribution in [3.8, 4) is 0 Å². The summed E-state index contributed by atoms with van der Waals surface area (Å²) < 4.78 is 2.28. The predicted octanol–water partition coefficient (Wildman–Crippen LogP) is 2.00. The van der Waals surface area contributed by atoms with Crippen molar-refractivity contribution >= 4 is 22.6 Å². The molecular formula is C11H17N3S2. The number of nitrogens with zero attached hydrogens (tertiary/aromatic N) is 3. The smallest absolute Gasteiger partial charge is 0.0547 e. The lowest BCUT2D eigenvalue weighted by Gasteiger charge is -2.32. The Bertz CT molecular complexity index is 338. The Balaban J connectivity index is 1.87. The van der Waals surface area contributed by atoms with E-state index in [-0.39, 0.29) is 0 Å². The largest absolute Gasteiger partial charge is 0.295 e. The molecule has 2 rings (SSSR count). The topological polar surface area (TPSA) is 19.4 Å². The van der Waals surface area contributed by atoms with Crippen LogP contribution in [0.1, 0.15) is 11.4 Å². The van der Waals surface area contributed by atoms with E-state index in [1.165, 1.54) is 5.69 Å². The van der Waals surface area contributed by atoms with Gasteiger partial charge in [0.25, 0.3) is 0 Å². The summed E-state index contributed by atoms with van der Waals surface area (Å²) in [6.45, 7) is 7.37. The minimum absolute atomic E-state index is 0.965. The monoisotopic (exact) mass is 255 g/mol. The molecule has 0 aliphatic carbocycles. The van der Waals surface area contributed by atoms with E-state index in [0.717, 1.165) is 38.4 Å². The summed E-state index contributed by atoms with van der Waals surface area (Å²) in [4.78, 5) is 6.98. The third-order valence-electron chi connectivity index (χ3n) is 2.78. The summed E-state index contributed by atoms with van der Waals surface area (Å²) in [6.07, 6.45) is 0. The molecule has 0 spiro atoms. The molecule has 16 heavy (non-hydrogen) atoms. The van der Waals surface area contributed by atoms with Crippen LogP contribution in [0.15, 0.2) is 18.2 Å². The molecule has 1 aromatic rings. The molecule has 0 radical (unpaired) electrons. The van der Waals surface area contributed by atoms with Gasteiger partial charge in [-0.3, -0.25) is 9.88 Å². The van der Waals surface area contributed by atoms with Crippen molar-refractivity contribution in [1.82, 2.24) is 14.2 Å². The Morgan fingerprint density at radius 1 is 1.31 bits per heavy atom. The molecule has 0 N–H and O–H groups in total. The number of hydrogen-bond donors (Lipinski definition) is 1. The van der Waals surface area contributed by atoms with Gasteiger partial charge < -0.3 is 0 Å². The third-order valence-corrected chi connectivity index (χ3v) is 4.07. The van der Waals surface area contributed by atoms with Crippen molar-refractivity contribution in [3.05, 3.63) is 29.6 Å². The molecule has 1 aliphatic heterocycles. The van der Waals surface area contributed by atoms with E-state index in [9.17, 15) is 0 Å². The molecule has 0 amide bonds. The highest BCUT2D eigenvalue weighted by atomic mass is 33.1. The van der Waals surface area contributed by atoms with Crippen LogP contribution in [0.3, 0.4) is 0 Å². The predicted molar refractivity (Wildman–Crippen MR) is 72.4 cm³/mol. The van der Waals surface area contributed by atoms with E-state index >= 15 is 0 Å². The molecule has 5 heteroatoms. The SMILES string of the molecule is Cc1cccc(CN2CCN(SS)CC2)n1. The van der Waals surface area contributed by atoms with Crippen LogP contribution in [-0.2, 0) is 6.54 Å². The van der Waals surface area contributed by atoms with Gasteiger partial charge in [-0.1, -0.05) is 17.7 Å². The zero-order valence-corrected chi connectivity index (χ0v) is 11.2. The third kappa shape index (κ3) is 3.38. The van der Waals surface area contributed by atoms with Crippen LogP contribution in [0.4, 0.5) is 0 Å². The van der Waals surface area contributed by atoms with Crippen molar-refractivity contribution < 1.29 is 0 Å². The summed E-state index contributed by atoms with van der Waals surface area (Å²) in [6, 6.07) is 6.23. The first kappa shape index (κ1) is 12.2. The number of pyridine rings is 1. The van der Waals surface area contributed by atoms with E-state index in [4.69, 9.17) is 0 Å². The molecule has 0 atom stereocenters. The zero-order valence-electron chi connectivity index (χ0n) is 9.46. The Morgan fingerprint density at radius 2 is 2.06 bits per heavy atom. The summed E-state index contributed by atoms with van der Waals surface area (Å²) >= 11 is 4.22. The second kappa shape index (κ2) is 5.91. The lowest BCUT2D eigenvalue weighted by atomic mass is 10.2. The summed E-state index contributed by atoms with van der Waals surface area (Å²) in [7, 11) is 1.54. The van der Waals surface area contributed by atoms with E-state index in [2.05, 4.69) is 38.0 Å². The van der Waals surface area contributed by atoms with Crippen molar-refractivity contribution in [3.63, 3.8) is 0 Å². The van der Waals surface area contributed by atoms with Gasteiger partial charge in [0.1, 0.15) is 0 Å². The second-order valence-electron chi connectivity index (χ2n) is 4.06. The average molecular weight is 255 g/mol. The molecule has 1 aromatic heterocycles. The van der Waals surface area contributed by atoms with Gasteiger partial charge in [-0.25, -0.2) is 4.31 Å². The van der Waals surface area contributed by atoms with E-state index in [1.54, 1.807) is 11.0 Å². The van der Waals surface area contributed by atoms with Crippen LogP contribution in [0.25, 0.3) is 0 Å². The molecule has 1 saturated heterocycles. The normalized spacial score (nSPS) is 18.9. The second-order valence-corrected chi connectivity index (χ2v) is 5.23. The number of aromatic nitrogens is 1. The van der Waals surface area contributed by atoms with Crippen LogP contribution < -0.4 is 0 Å². The van der Waals surface area contributed by atoms with Gasteiger partial charge in [-0.05, 0) is 30.0 Å². The molecule has 0 bridgehead atoms. The van der Waals surface area contributed by atoms with Crippen molar-refractivity contribution in [1.29, 1.82) is 0 Å². The number of aryl methyl sites for hydroxylation is 1. The molecule has 0 unspecified atom stereocenters. The number of rotatable bonds is 3. The molecule has 3 nitrogen and oxygen atoms in total. The minimum Gasteiger partial charge on any atom is -0.295 e. The summed E-state index contributed by atoms with van der Waals surface area (Å²) in [5.41, 5.74) is 2.27. The van der Waals surface area contributed by atoms with Gasteiger partial charge >= 0.3 is 0 Å². The van der Waals surface area contributed by atoms with Gasteiger partial charge in [0, 0.05) is 38.4 Å². The van der Waals surface area contributed by atoms with E-state index in [1.807, 2.05) is 13.0 Å². The molecule has 1 fully saturated rings. The fraction of sp³-hybridized carbons (Fsp3) is 0.545. The Kier molecular flexibility index (Phi) is 4.52. The van der Waals surface area contributed by atoms with Crippen molar-refractivity contribution in [2.24, 2.45) is 0 Å². The fourth-order valence-electron chi connectivity index (χ4n) is 1.89. The lowest BCUT2D eigenvalue weighted by molar-refractivity contribution is 0.188. The van der Waals surface area contributed by atoms with Crippen LogP contribution >= 0.6 is 22.6 Å². The lowest BCUT2D eigenvalue weighted by Crippen LogP contribution is -2.42. The van der Waals surface area contributed by atoms with Gasteiger partial charge in [0.05, 0.1) is 5.69 Å². The van der Waals surface area contributed by atoms with Gasteiger partial charge in [0.2, 0.25) is 0 Å². The Morgan fingerprint density at radius 3 is 2.69 bits per heavy atom. The van der Waals surface area contributed by atoms with E-state index in [0.29, 0.717) is 0 Å². The quantitative estimate of drug-likeness (QED) is 0.506. The first-order chi connectivity index (χ1) is 7.78. The first-order valence-corrected chi connectivity index (χ1v) is 7.32. The van der Waals surface area contributed by atoms with Crippen molar-refractivity contribution in [2.45, 2.75) is 13.5 Å². The molecular weight excluding hydrogens is 238 g/mol. The highest BCUT2D eigenvalue weighted by Crippen LogP contribution is 2.17. The average Bonchev–Trinajstić information content (AvgIpc) is 2.30. The van der Waals surface area contributed by atoms with Gasteiger partial charge in [-0.2, -0.15) is 0 Å². The maximum atomic E-state index is 4.53. The van der Waals surface area contributed by atoms with Crippen molar-refractivity contribution in [2.75, 3.05) is 26.2 Å². The maximum absolute atomic E-state index is 4.53. The molecule has 2 heterocycles. The zero-order chi connectivity index (χ0) is 11.4. The van der Waals surface area contributed by atoms with Crippen LogP contribution in [0, 0.1) is 6.92 Å². The Hall–Kier alpha value is -0.230. The first-order valence-electron chi connectivity index (χ1n) is 5.49. The van der Waals surface area contributed by atoms with E-state index < -0.39 is 0 Å². The fourth-order valence-corrected chi connectivity index (χ4v) is 2.70. The standard InChI is InChI=1S/C11H17N3S2/c1-10-3-2-4-11(12-10)9-13-5-7-14(16-15)8-6-13/h2-4,15H,5-9H2,1H3. The maximum Gasteiger partial charge on any atom is 0.0547 e. The summed E-state index contributed by atoms with van der Waals surface area (Å²) in [5, 5.41) is 0. The van der Waals surface area contributed by atoms with Gasteiger partial charge in [0.15, 0.2) is 0 Å². The number of hydrogen-bond acceptors (Lipinski definition) is 5. The molecule has 1 aliphatic rings. The minimum atomic E-state index is 0.965. The summed E-state index contributed by atoms with van der Waals surface area (Å²) in [5.74, 6) is 0. The van der Waals surface area contributed by atoms with Crippen LogP contribution in [0.2, 0.25) is 0 Å². The Labute approximate surface area is 106 Å². The highest BCUT2D eigenvalue weighted by Gasteiger charge is 2.16. The van der Waals surface area contributed by atoms with Gasteiger partial charge in [-0.15, -0.1) is 0 Å². The highest BCUT2D eigenvalue weighted by molar-refractivity contribution is 8.67. The molecule has 0 saturated carbocycles. The number of thiol groups is 1. The number of piperazine rings is 1. The van der Waals surface area contributed by atoms with Crippen LogP contribution in [0.5, 0.6) is 0 Å². The van der Waals surface area contributed by atoms with Crippen LogP contribution in [-0.4, -0.2) is 40.4 Å². The molecule has 88 valence electrons.